The summed E-state index contributed by atoms with van der Waals surface area (Å²) < 4.78 is 1.72. The fourth-order valence-electron chi connectivity index (χ4n) is 1.99. The van der Waals surface area contributed by atoms with Crippen LogP contribution in [0.3, 0.4) is 0 Å². The maximum atomic E-state index is 12.2. The third kappa shape index (κ3) is 3.14. The van der Waals surface area contributed by atoms with E-state index in [1.54, 1.807) is 29.2 Å². The molecule has 0 saturated carbocycles. The van der Waals surface area contributed by atoms with Crippen LogP contribution in [0.5, 0.6) is 0 Å². The molecule has 104 valence electrons. The number of rotatable bonds is 4. The first-order valence-electron chi connectivity index (χ1n) is 6.61. The third-order valence-electron chi connectivity index (χ3n) is 3.03. The van der Waals surface area contributed by atoms with Crippen molar-refractivity contribution >= 4 is 5.91 Å². The summed E-state index contributed by atoms with van der Waals surface area (Å²) >= 11 is 0. The van der Waals surface area contributed by atoms with Gasteiger partial charge in [0.05, 0.1) is 17.9 Å². The number of benzene rings is 1. The second-order valence-electron chi connectivity index (χ2n) is 4.50. The Morgan fingerprint density at radius 3 is 2.81 bits per heavy atom. The van der Waals surface area contributed by atoms with Gasteiger partial charge >= 0.3 is 0 Å². The van der Waals surface area contributed by atoms with Crippen LogP contribution < -0.4 is 5.32 Å². The Bertz CT molecular complexity index is 723. The predicted molar refractivity (Wildman–Crippen MR) is 79.0 cm³/mol. The van der Waals surface area contributed by atoms with Gasteiger partial charge in [-0.3, -0.25) is 9.78 Å². The van der Waals surface area contributed by atoms with Crippen LogP contribution in [0.1, 0.15) is 16.1 Å². The van der Waals surface area contributed by atoms with Crippen LogP contribution in [0.15, 0.2) is 67.1 Å². The average molecular weight is 278 g/mol. The number of aromatic nitrogens is 3. The van der Waals surface area contributed by atoms with Gasteiger partial charge in [-0.05, 0) is 36.4 Å². The molecule has 0 saturated heterocycles. The highest BCUT2D eigenvalue weighted by molar-refractivity contribution is 5.94. The molecule has 0 atom stereocenters. The van der Waals surface area contributed by atoms with Gasteiger partial charge in [0, 0.05) is 24.2 Å². The summed E-state index contributed by atoms with van der Waals surface area (Å²) in [5.74, 6) is -0.130. The topological polar surface area (TPSA) is 59.8 Å². The smallest absolute Gasteiger partial charge is 0.251 e. The second kappa shape index (κ2) is 6.00. The van der Waals surface area contributed by atoms with Crippen molar-refractivity contribution in [2.75, 3.05) is 0 Å². The highest BCUT2D eigenvalue weighted by Crippen LogP contribution is 2.09. The molecule has 1 amide bonds. The van der Waals surface area contributed by atoms with Crippen molar-refractivity contribution in [1.82, 2.24) is 20.1 Å². The van der Waals surface area contributed by atoms with Gasteiger partial charge in [-0.1, -0.05) is 12.1 Å². The Labute approximate surface area is 122 Å². The lowest BCUT2D eigenvalue weighted by molar-refractivity contribution is 0.0950. The molecule has 0 radical (unpaired) electrons. The molecule has 0 aliphatic carbocycles. The fourth-order valence-corrected chi connectivity index (χ4v) is 1.99. The van der Waals surface area contributed by atoms with E-state index in [0.29, 0.717) is 12.1 Å². The van der Waals surface area contributed by atoms with Gasteiger partial charge in [0.1, 0.15) is 0 Å². The molecule has 5 heteroatoms. The molecule has 1 aromatic carbocycles. The van der Waals surface area contributed by atoms with Gasteiger partial charge in [-0.15, -0.1) is 0 Å². The zero-order chi connectivity index (χ0) is 14.5. The summed E-state index contributed by atoms with van der Waals surface area (Å²) in [5, 5.41) is 7.01. The standard InChI is InChI=1S/C16H14N4O/c21-16(18-12-14-6-1-2-8-17-14)13-5-3-7-15(11-13)20-10-4-9-19-20/h1-11H,12H2,(H,18,21). The largest absolute Gasteiger partial charge is 0.346 e. The lowest BCUT2D eigenvalue weighted by atomic mass is 10.2. The summed E-state index contributed by atoms with van der Waals surface area (Å²) in [5.41, 5.74) is 2.28. The van der Waals surface area contributed by atoms with Crippen molar-refractivity contribution in [3.05, 3.63) is 78.4 Å². The number of carbonyl (C=O) groups is 1. The molecule has 2 aromatic heterocycles. The van der Waals surface area contributed by atoms with Crippen molar-refractivity contribution in [2.24, 2.45) is 0 Å². The average Bonchev–Trinajstić information content (AvgIpc) is 3.08. The summed E-state index contributed by atoms with van der Waals surface area (Å²) in [6.45, 7) is 0.408. The normalized spacial score (nSPS) is 10.3. The number of hydrogen-bond acceptors (Lipinski definition) is 3. The Kier molecular flexibility index (Phi) is 3.73. The first-order chi connectivity index (χ1) is 10.3. The van der Waals surface area contributed by atoms with Gasteiger partial charge in [0.15, 0.2) is 0 Å². The van der Waals surface area contributed by atoms with Crippen molar-refractivity contribution in [3.8, 4) is 5.69 Å². The molecular weight excluding hydrogens is 264 g/mol. The SMILES string of the molecule is O=C(NCc1ccccn1)c1cccc(-n2cccn2)c1. The van der Waals surface area contributed by atoms with Crippen molar-refractivity contribution in [2.45, 2.75) is 6.54 Å². The number of amides is 1. The summed E-state index contributed by atoms with van der Waals surface area (Å²) in [6.07, 6.45) is 5.25. The van der Waals surface area contributed by atoms with Gasteiger partial charge < -0.3 is 5.32 Å². The lowest BCUT2D eigenvalue weighted by Gasteiger charge is -2.07. The quantitative estimate of drug-likeness (QED) is 0.796. The molecule has 3 aromatic rings. The first kappa shape index (κ1) is 13.1. The van der Waals surface area contributed by atoms with E-state index in [1.807, 2.05) is 42.6 Å². The second-order valence-corrected chi connectivity index (χ2v) is 4.50. The van der Waals surface area contributed by atoms with Crippen molar-refractivity contribution in [3.63, 3.8) is 0 Å². The first-order valence-corrected chi connectivity index (χ1v) is 6.61. The fraction of sp³-hybridized carbons (Fsp3) is 0.0625. The summed E-state index contributed by atoms with van der Waals surface area (Å²) in [7, 11) is 0. The van der Waals surface area contributed by atoms with E-state index in [4.69, 9.17) is 0 Å². The molecule has 0 aliphatic rings. The molecular formula is C16H14N4O. The van der Waals surface area contributed by atoms with E-state index < -0.39 is 0 Å². The van der Waals surface area contributed by atoms with Gasteiger partial charge in [-0.2, -0.15) is 5.10 Å². The molecule has 0 fully saturated rings. The van der Waals surface area contributed by atoms with E-state index in [2.05, 4.69) is 15.4 Å². The van der Waals surface area contributed by atoms with E-state index in [9.17, 15) is 4.79 Å². The number of nitrogens with zero attached hydrogens (tertiary/aromatic N) is 3. The van der Waals surface area contributed by atoms with Crippen LogP contribution in [0.25, 0.3) is 5.69 Å². The van der Waals surface area contributed by atoms with Crippen LogP contribution >= 0.6 is 0 Å². The number of hydrogen-bond donors (Lipinski definition) is 1. The van der Waals surface area contributed by atoms with E-state index in [1.165, 1.54) is 0 Å². The van der Waals surface area contributed by atoms with Gasteiger partial charge in [0.2, 0.25) is 0 Å². The van der Waals surface area contributed by atoms with Gasteiger partial charge in [0.25, 0.3) is 5.91 Å². The van der Waals surface area contributed by atoms with Crippen molar-refractivity contribution < 1.29 is 4.79 Å². The Hall–Kier alpha value is -2.95. The Balaban J connectivity index is 1.72. The minimum atomic E-state index is -0.130. The maximum Gasteiger partial charge on any atom is 0.251 e. The molecule has 0 aliphatic heterocycles. The molecule has 3 rings (SSSR count). The maximum absolute atomic E-state index is 12.2. The van der Waals surface area contributed by atoms with Crippen LogP contribution in [0, 0.1) is 0 Å². The molecule has 1 N–H and O–H groups in total. The molecule has 0 spiro atoms. The van der Waals surface area contributed by atoms with Crippen LogP contribution in [-0.2, 0) is 6.54 Å². The highest BCUT2D eigenvalue weighted by Gasteiger charge is 2.07. The Morgan fingerprint density at radius 2 is 2.05 bits per heavy atom. The van der Waals surface area contributed by atoms with E-state index >= 15 is 0 Å². The summed E-state index contributed by atoms with van der Waals surface area (Å²) in [4.78, 5) is 16.3. The third-order valence-corrected chi connectivity index (χ3v) is 3.03. The van der Waals surface area contributed by atoms with Crippen LogP contribution in [-0.4, -0.2) is 20.7 Å². The number of nitrogens with one attached hydrogen (secondary N) is 1. The van der Waals surface area contributed by atoms with Crippen molar-refractivity contribution in [1.29, 1.82) is 0 Å². The van der Waals surface area contributed by atoms with Crippen LogP contribution in [0.2, 0.25) is 0 Å². The van der Waals surface area contributed by atoms with E-state index in [0.717, 1.165) is 11.4 Å². The Morgan fingerprint density at radius 1 is 1.10 bits per heavy atom. The molecule has 21 heavy (non-hydrogen) atoms. The molecule has 2 heterocycles. The van der Waals surface area contributed by atoms with Gasteiger partial charge in [-0.25, -0.2) is 4.68 Å². The highest BCUT2D eigenvalue weighted by atomic mass is 16.1. The monoisotopic (exact) mass is 278 g/mol. The van der Waals surface area contributed by atoms with Crippen LogP contribution in [0.4, 0.5) is 0 Å². The lowest BCUT2D eigenvalue weighted by Crippen LogP contribution is -2.23. The number of pyridine rings is 1. The van der Waals surface area contributed by atoms with E-state index in [-0.39, 0.29) is 5.91 Å². The predicted octanol–water partition coefficient (Wildman–Crippen LogP) is 2.20. The zero-order valence-electron chi connectivity index (χ0n) is 11.3. The zero-order valence-corrected chi connectivity index (χ0v) is 11.3. The number of carbonyl (C=O) groups excluding carboxylic acids is 1. The minimum absolute atomic E-state index is 0.130. The molecule has 5 nitrogen and oxygen atoms in total. The summed E-state index contributed by atoms with van der Waals surface area (Å²) in [6, 6.07) is 14.8. The molecule has 0 bridgehead atoms. The molecule has 0 unspecified atom stereocenters. The minimum Gasteiger partial charge on any atom is -0.346 e.